The number of likely N-dealkylation sites (tertiary alicyclic amines) is 2. The predicted molar refractivity (Wildman–Crippen MR) is 93.7 cm³/mol. The van der Waals surface area contributed by atoms with E-state index in [0.29, 0.717) is 51.5 Å². The van der Waals surface area contributed by atoms with Crippen molar-refractivity contribution < 1.29 is 23.4 Å². The summed E-state index contributed by atoms with van der Waals surface area (Å²) in [5, 5.41) is 11.0. The van der Waals surface area contributed by atoms with Crippen LogP contribution in [0, 0.1) is 11.8 Å². The lowest BCUT2D eigenvalue weighted by molar-refractivity contribution is -0.264. The number of carbonyl (C=O) groups excluding carboxylic acids is 1. The number of carboxylic acid groups (broad SMARTS) is 1. The minimum absolute atomic E-state index is 0.0902. The predicted octanol–water partition coefficient (Wildman–Crippen LogP) is 1.17. The third-order valence-electron chi connectivity index (χ3n) is 5.95. The smallest absolute Gasteiger partial charge is 0.264 e. The maximum absolute atomic E-state index is 13.7. The van der Waals surface area contributed by atoms with Crippen molar-refractivity contribution >= 4 is 11.8 Å². The Morgan fingerprint density at radius 3 is 2.41 bits per heavy atom. The molecule has 3 fully saturated rings. The Hall–Kier alpha value is -1.93. The van der Waals surface area contributed by atoms with Gasteiger partial charge in [0.2, 0.25) is 0 Å². The molecule has 0 radical (unpaired) electrons. The molecule has 8 heteroatoms. The van der Waals surface area contributed by atoms with Crippen molar-refractivity contribution in [3.8, 4) is 0 Å². The van der Waals surface area contributed by atoms with E-state index >= 15 is 0 Å². The van der Waals surface area contributed by atoms with Crippen molar-refractivity contribution in [2.24, 2.45) is 11.8 Å². The van der Waals surface area contributed by atoms with Crippen molar-refractivity contribution in [1.29, 1.82) is 0 Å². The molecule has 3 aliphatic rings. The van der Waals surface area contributed by atoms with E-state index in [2.05, 4.69) is 9.80 Å². The topological polar surface area (TPSA) is 59.1 Å². The maximum atomic E-state index is 13.7. The van der Waals surface area contributed by atoms with Gasteiger partial charge >= 0.3 is 0 Å². The number of halogens is 2. The van der Waals surface area contributed by atoms with Crippen LogP contribution in [0.1, 0.15) is 17.6 Å². The summed E-state index contributed by atoms with van der Waals surface area (Å²) in [5.41, 5.74) is 1.56. The number of anilines is 1. The van der Waals surface area contributed by atoms with Crippen molar-refractivity contribution in [3.63, 3.8) is 0 Å². The molecule has 3 aliphatic heterocycles. The average Bonchev–Trinajstić information content (AvgIpc) is 3.21. The fourth-order valence-electron chi connectivity index (χ4n) is 4.56. The summed E-state index contributed by atoms with van der Waals surface area (Å²) < 4.78 is 32.7. The normalized spacial score (nSPS) is 26.0. The van der Waals surface area contributed by atoms with E-state index in [1.165, 1.54) is 4.90 Å². The molecule has 3 heterocycles. The largest absolute Gasteiger partial charge is 0.530 e. The number of hydrogen-bond donors (Lipinski definition) is 0. The van der Waals surface area contributed by atoms with E-state index in [0.717, 1.165) is 18.8 Å². The lowest BCUT2D eigenvalue weighted by Crippen LogP contribution is -2.41. The highest BCUT2D eigenvalue weighted by molar-refractivity contribution is 5.63. The van der Waals surface area contributed by atoms with Gasteiger partial charge in [0.05, 0.1) is 13.2 Å². The van der Waals surface area contributed by atoms with Gasteiger partial charge in [-0.3, -0.25) is 4.90 Å². The van der Waals surface area contributed by atoms with Crippen molar-refractivity contribution in [1.82, 2.24) is 9.80 Å². The van der Waals surface area contributed by atoms with E-state index < -0.39 is 12.5 Å². The number of amides is 1. The number of fused-ring (bicyclic) bond motifs is 1. The summed E-state index contributed by atoms with van der Waals surface area (Å²) in [5.74, 6) is 0.538. The average molecular weight is 380 g/mol. The first-order valence-electron chi connectivity index (χ1n) is 9.43. The van der Waals surface area contributed by atoms with Crippen LogP contribution >= 0.6 is 0 Å². The molecule has 1 aromatic carbocycles. The molecule has 148 valence electrons. The number of hydrogen-bond acceptors (Lipinski definition) is 5. The SMILES string of the molecule is O=C([O-])N1CC2CN(Cc3ccc(N4CCOCC4)cc3C(F)F)CC2C1. The molecule has 2 unspecified atom stereocenters. The molecule has 4 rings (SSSR count). The molecule has 6 nitrogen and oxygen atoms in total. The first-order chi connectivity index (χ1) is 13.0. The number of carbonyl (C=O) groups is 1. The second-order valence-electron chi connectivity index (χ2n) is 7.67. The molecule has 0 N–H and O–H groups in total. The van der Waals surface area contributed by atoms with Crippen LogP contribution in [0.3, 0.4) is 0 Å². The van der Waals surface area contributed by atoms with Crippen LogP contribution < -0.4 is 10.0 Å². The van der Waals surface area contributed by atoms with Crippen LogP contribution in [-0.2, 0) is 11.3 Å². The maximum Gasteiger partial charge on any atom is 0.264 e. The Balaban J connectivity index is 1.44. The second kappa shape index (κ2) is 7.59. The molecule has 3 saturated heterocycles. The molecule has 0 spiro atoms. The van der Waals surface area contributed by atoms with Gasteiger partial charge in [-0.25, -0.2) is 8.78 Å². The highest BCUT2D eigenvalue weighted by Gasteiger charge is 2.40. The van der Waals surface area contributed by atoms with Gasteiger partial charge in [0.25, 0.3) is 6.43 Å². The number of nitrogens with zero attached hydrogens (tertiary/aromatic N) is 3. The highest BCUT2D eigenvalue weighted by Crippen LogP contribution is 2.34. The van der Waals surface area contributed by atoms with Gasteiger partial charge in [-0.2, -0.15) is 0 Å². The quantitative estimate of drug-likeness (QED) is 0.785. The lowest BCUT2D eigenvalue weighted by atomic mass is 10.0. The van der Waals surface area contributed by atoms with E-state index in [9.17, 15) is 18.7 Å². The van der Waals surface area contributed by atoms with Crippen LogP contribution in [0.4, 0.5) is 19.3 Å². The molecule has 0 aromatic heterocycles. The molecule has 0 bridgehead atoms. The van der Waals surface area contributed by atoms with Gasteiger partial charge in [0.1, 0.15) is 6.09 Å². The van der Waals surface area contributed by atoms with Gasteiger partial charge in [0, 0.05) is 57.1 Å². The first kappa shape index (κ1) is 18.4. The molecule has 0 aliphatic carbocycles. The lowest BCUT2D eigenvalue weighted by Gasteiger charge is -2.30. The fourth-order valence-corrected chi connectivity index (χ4v) is 4.56. The summed E-state index contributed by atoms with van der Waals surface area (Å²) >= 11 is 0. The fraction of sp³-hybridized carbons (Fsp3) is 0.632. The molecule has 27 heavy (non-hydrogen) atoms. The molecular weight excluding hydrogens is 356 g/mol. The zero-order valence-electron chi connectivity index (χ0n) is 15.2. The Bertz CT molecular complexity index is 683. The highest BCUT2D eigenvalue weighted by atomic mass is 19.3. The first-order valence-corrected chi connectivity index (χ1v) is 9.43. The zero-order valence-corrected chi connectivity index (χ0v) is 15.2. The summed E-state index contributed by atoms with van der Waals surface area (Å²) in [6.07, 6.45) is -3.63. The van der Waals surface area contributed by atoms with Crippen molar-refractivity contribution in [2.45, 2.75) is 13.0 Å². The van der Waals surface area contributed by atoms with Crippen LogP contribution in [0.2, 0.25) is 0 Å². The second-order valence-corrected chi connectivity index (χ2v) is 7.67. The van der Waals surface area contributed by atoms with Crippen LogP contribution in [0.5, 0.6) is 0 Å². The van der Waals surface area contributed by atoms with E-state index in [1.54, 1.807) is 6.07 Å². The van der Waals surface area contributed by atoms with E-state index in [4.69, 9.17) is 4.74 Å². The van der Waals surface area contributed by atoms with Crippen molar-refractivity contribution in [3.05, 3.63) is 29.3 Å². The van der Waals surface area contributed by atoms with Crippen LogP contribution in [0.15, 0.2) is 18.2 Å². The van der Waals surface area contributed by atoms with E-state index in [-0.39, 0.29) is 17.4 Å². The van der Waals surface area contributed by atoms with Crippen LogP contribution in [-0.4, -0.2) is 68.4 Å². The summed E-state index contributed by atoms with van der Waals surface area (Å²) in [6, 6.07) is 5.34. The van der Waals surface area contributed by atoms with Gasteiger partial charge in [-0.15, -0.1) is 0 Å². The number of ether oxygens (including phenoxy) is 1. The van der Waals surface area contributed by atoms with E-state index in [1.807, 2.05) is 12.1 Å². The van der Waals surface area contributed by atoms with Gasteiger partial charge in [-0.1, -0.05) is 6.07 Å². The van der Waals surface area contributed by atoms with Crippen LogP contribution in [0.25, 0.3) is 0 Å². The Morgan fingerprint density at radius 2 is 1.81 bits per heavy atom. The summed E-state index contributed by atoms with van der Waals surface area (Å²) in [7, 11) is 0. The third kappa shape index (κ3) is 3.87. The Morgan fingerprint density at radius 1 is 1.15 bits per heavy atom. The molecule has 0 saturated carbocycles. The molecule has 1 aromatic rings. The third-order valence-corrected chi connectivity index (χ3v) is 5.95. The zero-order chi connectivity index (χ0) is 19.0. The minimum Gasteiger partial charge on any atom is -0.530 e. The molecule has 1 amide bonds. The van der Waals surface area contributed by atoms with Gasteiger partial charge in [0.15, 0.2) is 0 Å². The van der Waals surface area contributed by atoms with Crippen molar-refractivity contribution in [2.75, 3.05) is 57.4 Å². The minimum atomic E-state index is -2.52. The number of alkyl halides is 2. The number of morpholine rings is 1. The van der Waals surface area contributed by atoms with Gasteiger partial charge < -0.3 is 24.4 Å². The number of rotatable bonds is 4. The Labute approximate surface area is 157 Å². The Kier molecular flexibility index (Phi) is 5.19. The standard InChI is InChI=1S/C19H25F2N3O3/c20-18(21)17-7-16(23-3-5-27-6-4-23)2-1-13(17)8-22-9-14-11-24(19(25)26)12-15(14)10-22/h1-2,7,14-15,18H,3-6,8-12H2,(H,25,26)/p-1. The van der Waals surface area contributed by atoms with Gasteiger partial charge in [-0.05, 0) is 29.5 Å². The summed E-state index contributed by atoms with van der Waals surface area (Å²) in [6.45, 7) is 5.59. The summed E-state index contributed by atoms with van der Waals surface area (Å²) in [4.78, 5) is 16.6. The molecule has 2 atom stereocenters. The monoisotopic (exact) mass is 380 g/mol. The molecular formula is C19H24F2N3O3-. The number of benzene rings is 1.